The summed E-state index contributed by atoms with van der Waals surface area (Å²) in [5, 5.41) is 2.31. The zero-order valence-corrected chi connectivity index (χ0v) is 13.3. The average molecular weight is 305 g/mol. The third-order valence-electron chi connectivity index (χ3n) is 6.33. The SMILES string of the molecule is SC1CC2CC(S)C3C(S)CC4CC(S)C1C243. The molecule has 0 radical (unpaired) electrons. The van der Waals surface area contributed by atoms with Crippen LogP contribution < -0.4 is 0 Å². The third kappa shape index (κ3) is 1.25. The van der Waals surface area contributed by atoms with E-state index in [0.717, 1.165) is 23.7 Å². The summed E-state index contributed by atoms with van der Waals surface area (Å²) in [5.41, 5.74) is 0.525. The lowest BCUT2D eigenvalue weighted by atomic mass is 9.69. The van der Waals surface area contributed by atoms with E-state index in [-0.39, 0.29) is 0 Å². The van der Waals surface area contributed by atoms with Crippen molar-refractivity contribution >= 4 is 50.5 Å². The van der Waals surface area contributed by atoms with Crippen LogP contribution in [0, 0.1) is 29.1 Å². The Morgan fingerprint density at radius 3 is 1.18 bits per heavy atom. The van der Waals surface area contributed by atoms with Gasteiger partial charge in [-0.25, -0.2) is 0 Å². The van der Waals surface area contributed by atoms with Gasteiger partial charge < -0.3 is 0 Å². The lowest BCUT2D eigenvalue weighted by molar-refractivity contribution is 0.121. The first-order chi connectivity index (χ1) is 8.06. The fourth-order valence-corrected chi connectivity index (χ4v) is 9.40. The molecule has 0 bridgehead atoms. The van der Waals surface area contributed by atoms with Gasteiger partial charge in [-0.05, 0) is 54.8 Å². The van der Waals surface area contributed by atoms with Crippen LogP contribution in [0.4, 0.5) is 0 Å². The summed E-state index contributed by atoms with van der Waals surface area (Å²) >= 11 is 19.6. The van der Waals surface area contributed by atoms with Crippen LogP contribution in [0.15, 0.2) is 0 Å². The van der Waals surface area contributed by atoms with Crippen molar-refractivity contribution in [1.29, 1.82) is 0 Å². The van der Waals surface area contributed by atoms with Crippen molar-refractivity contribution < 1.29 is 0 Å². The van der Waals surface area contributed by atoms with Crippen LogP contribution in [-0.2, 0) is 0 Å². The zero-order chi connectivity index (χ0) is 11.9. The molecule has 0 amide bonds. The quantitative estimate of drug-likeness (QED) is 0.485. The Balaban J connectivity index is 1.87. The molecule has 4 fully saturated rings. The van der Waals surface area contributed by atoms with Crippen molar-refractivity contribution in [1.82, 2.24) is 0 Å². The van der Waals surface area contributed by atoms with Crippen molar-refractivity contribution in [3.05, 3.63) is 0 Å². The van der Waals surface area contributed by atoms with E-state index in [4.69, 9.17) is 50.5 Å². The average Bonchev–Trinajstić information content (AvgIpc) is 2.80. The summed E-state index contributed by atoms with van der Waals surface area (Å²) in [4.78, 5) is 0. The molecule has 4 rings (SSSR count). The van der Waals surface area contributed by atoms with Crippen LogP contribution in [0.25, 0.3) is 0 Å². The van der Waals surface area contributed by atoms with Gasteiger partial charge in [0.2, 0.25) is 0 Å². The lowest BCUT2D eigenvalue weighted by Crippen LogP contribution is -2.38. The molecule has 4 aliphatic rings. The normalized spacial score (nSPS) is 68.5. The maximum absolute atomic E-state index is 4.90. The van der Waals surface area contributed by atoms with Gasteiger partial charge >= 0.3 is 0 Å². The maximum Gasteiger partial charge on any atom is 0.00640 e. The maximum atomic E-state index is 4.90. The van der Waals surface area contributed by atoms with Crippen LogP contribution in [0.5, 0.6) is 0 Å². The Labute approximate surface area is 126 Å². The van der Waals surface area contributed by atoms with Gasteiger partial charge in [0.1, 0.15) is 0 Å². The van der Waals surface area contributed by atoms with Crippen molar-refractivity contribution in [3.8, 4) is 0 Å². The van der Waals surface area contributed by atoms with Gasteiger partial charge in [-0.1, -0.05) is 0 Å². The van der Waals surface area contributed by atoms with Crippen LogP contribution >= 0.6 is 50.5 Å². The highest BCUT2D eigenvalue weighted by molar-refractivity contribution is 7.82. The molecule has 0 aliphatic heterocycles. The Bertz CT molecular complexity index is 299. The fourth-order valence-electron chi connectivity index (χ4n) is 6.25. The van der Waals surface area contributed by atoms with Gasteiger partial charge in [-0.3, -0.25) is 0 Å². The number of thiol groups is 4. The topological polar surface area (TPSA) is 0 Å². The first-order valence-electron chi connectivity index (χ1n) is 6.79. The van der Waals surface area contributed by atoms with E-state index in [0.29, 0.717) is 26.4 Å². The van der Waals surface area contributed by atoms with Gasteiger partial charge in [0.05, 0.1) is 0 Å². The molecule has 0 N–H and O–H groups in total. The molecule has 4 heteroatoms. The molecule has 0 heterocycles. The van der Waals surface area contributed by atoms with E-state index < -0.39 is 0 Å². The van der Waals surface area contributed by atoms with Gasteiger partial charge in [0.15, 0.2) is 0 Å². The molecule has 0 aromatic heterocycles. The highest BCUT2D eigenvalue weighted by atomic mass is 32.1. The van der Waals surface area contributed by atoms with Crippen molar-refractivity contribution in [2.45, 2.75) is 46.7 Å². The van der Waals surface area contributed by atoms with Crippen molar-refractivity contribution in [2.24, 2.45) is 29.1 Å². The van der Waals surface area contributed by atoms with Crippen LogP contribution in [0.3, 0.4) is 0 Å². The Morgan fingerprint density at radius 1 is 0.588 bits per heavy atom. The molecule has 1 spiro atoms. The molecule has 0 nitrogen and oxygen atoms in total. The van der Waals surface area contributed by atoms with Gasteiger partial charge in [0.25, 0.3) is 0 Å². The number of hydrogen-bond donors (Lipinski definition) is 4. The third-order valence-corrected chi connectivity index (χ3v) is 8.46. The van der Waals surface area contributed by atoms with Crippen LogP contribution in [0.2, 0.25) is 0 Å². The summed E-state index contributed by atoms with van der Waals surface area (Å²) < 4.78 is 0. The molecule has 0 saturated heterocycles. The van der Waals surface area contributed by atoms with Crippen LogP contribution in [0.1, 0.15) is 25.7 Å². The monoisotopic (exact) mass is 304 g/mol. The second-order valence-electron chi connectivity index (χ2n) is 6.66. The summed E-state index contributed by atoms with van der Waals surface area (Å²) in [6, 6.07) is 0. The molecule has 4 unspecified atom stereocenters. The molecular formula is C13H20S4. The highest BCUT2D eigenvalue weighted by Crippen LogP contribution is 2.76. The molecular weight excluding hydrogens is 284 g/mol. The largest absolute Gasteiger partial charge is 0.176 e. The number of rotatable bonds is 0. The smallest absolute Gasteiger partial charge is 0.00640 e. The first kappa shape index (κ1) is 12.2. The molecule has 4 aliphatic carbocycles. The van der Waals surface area contributed by atoms with Gasteiger partial charge in [0, 0.05) is 21.0 Å². The minimum absolute atomic E-state index is 0.525. The van der Waals surface area contributed by atoms with Gasteiger partial charge in [-0.2, -0.15) is 50.5 Å². The Morgan fingerprint density at radius 2 is 0.882 bits per heavy atom. The molecule has 4 saturated carbocycles. The van der Waals surface area contributed by atoms with Crippen LogP contribution in [-0.4, -0.2) is 21.0 Å². The van der Waals surface area contributed by atoms with E-state index in [1.807, 2.05) is 0 Å². The summed E-state index contributed by atoms with van der Waals surface area (Å²) in [5.74, 6) is 3.18. The predicted octanol–water partition coefficient (Wildman–Crippen LogP) is 3.25. The molecule has 96 valence electrons. The van der Waals surface area contributed by atoms with E-state index in [1.165, 1.54) is 25.7 Å². The van der Waals surface area contributed by atoms with E-state index in [2.05, 4.69) is 0 Å². The van der Waals surface area contributed by atoms with E-state index in [1.54, 1.807) is 0 Å². The van der Waals surface area contributed by atoms with E-state index in [9.17, 15) is 0 Å². The van der Waals surface area contributed by atoms with Crippen molar-refractivity contribution in [3.63, 3.8) is 0 Å². The highest BCUT2D eigenvalue weighted by Gasteiger charge is 2.74. The predicted molar refractivity (Wildman–Crippen MR) is 86.0 cm³/mol. The summed E-state index contributed by atoms with van der Waals surface area (Å²) in [7, 11) is 0. The fraction of sp³-hybridized carbons (Fsp3) is 1.00. The molecule has 0 aromatic carbocycles. The minimum Gasteiger partial charge on any atom is -0.176 e. The summed E-state index contributed by atoms with van der Waals surface area (Å²) in [6.07, 6.45) is 5.20. The standard InChI is InChI=1S/C13H20S4/c14-7-1-5-2-8(15)12-10(17)4-6-3-9(16)11(7)13(5,6)12/h5-12,14-17H,1-4H2. The van der Waals surface area contributed by atoms with Gasteiger partial charge in [-0.15, -0.1) is 0 Å². The lowest BCUT2D eigenvalue weighted by Gasteiger charge is -2.38. The van der Waals surface area contributed by atoms with Crippen molar-refractivity contribution in [2.75, 3.05) is 0 Å². The Hall–Kier alpha value is 1.40. The zero-order valence-electron chi connectivity index (χ0n) is 9.74. The Kier molecular flexibility index (Phi) is 2.67. The first-order valence-corrected chi connectivity index (χ1v) is 8.85. The molecule has 0 aromatic rings. The minimum atomic E-state index is 0.525. The summed E-state index contributed by atoms with van der Waals surface area (Å²) in [6.45, 7) is 0. The second kappa shape index (κ2) is 3.73. The molecule has 17 heavy (non-hydrogen) atoms. The number of hydrogen-bond acceptors (Lipinski definition) is 4. The molecule has 4 atom stereocenters. The van der Waals surface area contributed by atoms with E-state index >= 15 is 0 Å². The second-order valence-corrected chi connectivity index (χ2v) is 9.31.